The van der Waals surface area contributed by atoms with Gasteiger partial charge in [0.25, 0.3) is 0 Å². The number of rotatable bonds is 5. The number of hydrogen-bond donors (Lipinski definition) is 2. The van der Waals surface area contributed by atoms with Crippen LogP contribution in [0.5, 0.6) is 5.75 Å². The Labute approximate surface area is 130 Å². The van der Waals surface area contributed by atoms with Crippen LogP contribution in [0.2, 0.25) is 0 Å². The molecule has 1 aromatic rings. The van der Waals surface area contributed by atoms with Crippen molar-refractivity contribution in [3.8, 4) is 11.8 Å². The van der Waals surface area contributed by atoms with Crippen LogP contribution in [0.15, 0.2) is 18.2 Å². The summed E-state index contributed by atoms with van der Waals surface area (Å²) in [5.41, 5.74) is 7.19. The molecule has 6 heteroatoms. The van der Waals surface area contributed by atoms with Crippen molar-refractivity contribution >= 4 is 11.6 Å². The van der Waals surface area contributed by atoms with E-state index in [1.807, 2.05) is 19.1 Å². The van der Waals surface area contributed by atoms with Gasteiger partial charge >= 0.3 is 0 Å². The maximum Gasteiger partial charge on any atom is 0.237 e. The van der Waals surface area contributed by atoms with E-state index in [-0.39, 0.29) is 11.9 Å². The minimum atomic E-state index is -0.454. The van der Waals surface area contributed by atoms with Gasteiger partial charge in [-0.3, -0.25) is 4.79 Å². The number of methoxy groups -OCH3 is 1. The highest BCUT2D eigenvalue weighted by Crippen LogP contribution is 2.27. The summed E-state index contributed by atoms with van der Waals surface area (Å²) in [6.45, 7) is 3.37. The van der Waals surface area contributed by atoms with Gasteiger partial charge in [0.1, 0.15) is 11.8 Å². The van der Waals surface area contributed by atoms with E-state index in [0.29, 0.717) is 24.3 Å². The van der Waals surface area contributed by atoms with Crippen molar-refractivity contribution in [2.24, 2.45) is 5.73 Å². The number of benzene rings is 1. The third-order valence-corrected chi connectivity index (χ3v) is 3.98. The molecule has 1 saturated heterocycles. The van der Waals surface area contributed by atoms with E-state index in [1.165, 1.54) is 0 Å². The van der Waals surface area contributed by atoms with Crippen LogP contribution in [0, 0.1) is 11.3 Å². The Morgan fingerprint density at radius 3 is 3.05 bits per heavy atom. The zero-order valence-electron chi connectivity index (χ0n) is 13.0. The number of amides is 1. The van der Waals surface area contributed by atoms with Gasteiger partial charge in [-0.1, -0.05) is 6.92 Å². The Bertz CT molecular complexity index is 582. The fourth-order valence-electron chi connectivity index (χ4n) is 2.60. The van der Waals surface area contributed by atoms with Crippen molar-refractivity contribution in [2.45, 2.75) is 31.8 Å². The lowest BCUT2D eigenvalue weighted by Gasteiger charge is -2.21. The monoisotopic (exact) mass is 302 g/mol. The van der Waals surface area contributed by atoms with Gasteiger partial charge in [0.2, 0.25) is 5.91 Å². The number of anilines is 1. The average molecular weight is 302 g/mol. The van der Waals surface area contributed by atoms with Gasteiger partial charge in [0.05, 0.1) is 24.4 Å². The molecule has 1 aliphatic rings. The van der Waals surface area contributed by atoms with Crippen LogP contribution < -0.4 is 20.7 Å². The smallest absolute Gasteiger partial charge is 0.237 e. The molecule has 118 valence electrons. The minimum Gasteiger partial charge on any atom is -0.497 e. The number of nitrogens with two attached hydrogens (primary N) is 1. The molecule has 1 aliphatic heterocycles. The molecular formula is C16H22N4O2. The molecule has 0 saturated carbocycles. The molecular weight excluding hydrogens is 280 g/mol. The van der Waals surface area contributed by atoms with Crippen molar-refractivity contribution in [1.29, 1.82) is 5.26 Å². The van der Waals surface area contributed by atoms with E-state index >= 15 is 0 Å². The number of hydrogen-bond acceptors (Lipinski definition) is 5. The highest BCUT2D eigenvalue weighted by Gasteiger charge is 2.26. The number of ether oxygens (including phenoxy) is 1. The first-order valence-electron chi connectivity index (χ1n) is 7.48. The molecule has 1 aromatic carbocycles. The van der Waals surface area contributed by atoms with Gasteiger partial charge in [-0.2, -0.15) is 5.26 Å². The van der Waals surface area contributed by atoms with Crippen molar-refractivity contribution in [3.05, 3.63) is 23.8 Å². The van der Waals surface area contributed by atoms with E-state index in [2.05, 4.69) is 16.3 Å². The lowest BCUT2D eigenvalue weighted by Crippen LogP contribution is -2.46. The van der Waals surface area contributed by atoms with E-state index in [1.54, 1.807) is 13.2 Å². The van der Waals surface area contributed by atoms with Crippen LogP contribution in [0.1, 0.15) is 25.3 Å². The predicted molar refractivity (Wildman–Crippen MR) is 84.7 cm³/mol. The van der Waals surface area contributed by atoms with Gasteiger partial charge in [0, 0.05) is 19.1 Å². The minimum absolute atomic E-state index is 0.0683. The first kappa shape index (κ1) is 16.1. The van der Waals surface area contributed by atoms with Gasteiger partial charge in [-0.15, -0.1) is 0 Å². The van der Waals surface area contributed by atoms with E-state index < -0.39 is 6.04 Å². The highest BCUT2D eigenvalue weighted by atomic mass is 16.5. The van der Waals surface area contributed by atoms with Gasteiger partial charge in [0.15, 0.2) is 0 Å². The van der Waals surface area contributed by atoms with Crippen LogP contribution in [-0.4, -0.2) is 38.2 Å². The standard InChI is InChI=1S/C16H22N4O2/c1-3-14(18)16(21)19-12-6-7-20(10-12)15-5-4-13(22-2)8-11(15)9-17/h4-5,8,12,14H,3,6-7,10,18H2,1-2H3,(H,19,21). The lowest BCUT2D eigenvalue weighted by molar-refractivity contribution is -0.123. The molecule has 1 heterocycles. The number of nitriles is 1. The Kier molecular flexibility index (Phi) is 5.23. The Hall–Kier alpha value is -2.26. The zero-order chi connectivity index (χ0) is 16.1. The molecule has 2 rings (SSSR count). The molecule has 0 spiro atoms. The molecule has 3 N–H and O–H groups in total. The maximum absolute atomic E-state index is 11.9. The largest absolute Gasteiger partial charge is 0.497 e. The van der Waals surface area contributed by atoms with Gasteiger partial charge < -0.3 is 20.7 Å². The quantitative estimate of drug-likeness (QED) is 0.846. The van der Waals surface area contributed by atoms with E-state index in [0.717, 1.165) is 18.7 Å². The van der Waals surface area contributed by atoms with Crippen LogP contribution >= 0.6 is 0 Å². The van der Waals surface area contributed by atoms with Crippen LogP contribution in [-0.2, 0) is 4.79 Å². The van der Waals surface area contributed by atoms with Crippen LogP contribution in [0.4, 0.5) is 5.69 Å². The molecule has 0 radical (unpaired) electrons. The van der Waals surface area contributed by atoms with E-state index in [4.69, 9.17) is 10.5 Å². The highest BCUT2D eigenvalue weighted by molar-refractivity contribution is 5.81. The summed E-state index contributed by atoms with van der Waals surface area (Å²) in [5, 5.41) is 12.3. The second-order valence-electron chi connectivity index (χ2n) is 5.45. The molecule has 2 unspecified atom stereocenters. The first-order valence-corrected chi connectivity index (χ1v) is 7.48. The second kappa shape index (κ2) is 7.14. The summed E-state index contributed by atoms with van der Waals surface area (Å²) in [5.74, 6) is 0.558. The molecule has 1 fully saturated rings. The maximum atomic E-state index is 11.9. The topological polar surface area (TPSA) is 91.4 Å². The predicted octanol–water partition coefficient (Wildman–Crippen LogP) is 0.999. The summed E-state index contributed by atoms with van der Waals surface area (Å²) >= 11 is 0. The van der Waals surface area contributed by atoms with Crippen molar-refractivity contribution in [2.75, 3.05) is 25.1 Å². The molecule has 1 amide bonds. The number of carbonyl (C=O) groups excluding carboxylic acids is 1. The summed E-state index contributed by atoms with van der Waals surface area (Å²) in [6, 6.07) is 7.28. The van der Waals surface area contributed by atoms with E-state index in [9.17, 15) is 10.1 Å². The molecule has 0 bridgehead atoms. The Morgan fingerprint density at radius 2 is 2.41 bits per heavy atom. The Balaban J connectivity index is 2.04. The molecule has 2 atom stereocenters. The van der Waals surface area contributed by atoms with Crippen LogP contribution in [0.3, 0.4) is 0 Å². The molecule has 6 nitrogen and oxygen atoms in total. The normalized spacial score (nSPS) is 18.6. The molecule has 22 heavy (non-hydrogen) atoms. The zero-order valence-corrected chi connectivity index (χ0v) is 13.0. The van der Waals surface area contributed by atoms with Gasteiger partial charge in [-0.25, -0.2) is 0 Å². The van der Waals surface area contributed by atoms with Crippen LogP contribution in [0.25, 0.3) is 0 Å². The summed E-state index contributed by atoms with van der Waals surface area (Å²) in [7, 11) is 1.58. The summed E-state index contributed by atoms with van der Waals surface area (Å²) < 4.78 is 5.15. The fraction of sp³-hybridized carbons (Fsp3) is 0.500. The molecule has 0 aromatic heterocycles. The summed E-state index contributed by atoms with van der Waals surface area (Å²) in [4.78, 5) is 14.0. The Morgan fingerprint density at radius 1 is 1.64 bits per heavy atom. The lowest BCUT2D eigenvalue weighted by atomic mass is 10.1. The SMILES string of the molecule is CCC(N)C(=O)NC1CCN(c2ccc(OC)cc2C#N)C1. The third-order valence-electron chi connectivity index (χ3n) is 3.98. The number of nitrogens with one attached hydrogen (secondary N) is 1. The number of carbonyl (C=O) groups is 1. The first-order chi connectivity index (χ1) is 10.6. The van der Waals surface area contributed by atoms with Crippen molar-refractivity contribution in [3.63, 3.8) is 0 Å². The summed E-state index contributed by atoms with van der Waals surface area (Å²) in [6.07, 6.45) is 1.47. The molecule has 0 aliphatic carbocycles. The van der Waals surface area contributed by atoms with Gasteiger partial charge in [-0.05, 0) is 31.0 Å². The number of nitrogens with zero attached hydrogens (tertiary/aromatic N) is 2. The van der Waals surface area contributed by atoms with Crippen molar-refractivity contribution < 1.29 is 9.53 Å². The fourth-order valence-corrected chi connectivity index (χ4v) is 2.60. The van der Waals surface area contributed by atoms with Crippen molar-refractivity contribution in [1.82, 2.24) is 5.32 Å². The second-order valence-corrected chi connectivity index (χ2v) is 5.45. The third kappa shape index (κ3) is 3.49. The average Bonchev–Trinajstić information content (AvgIpc) is 3.01.